The first kappa shape index (κ1) is 13.2. The minimum atomic E-state index is 0.0966. The number of rotatable bonds is 5. The summed E-state index contributed by atoms with van der Waals surface area (Å²) in [5.41, 5.74) is 2.38. The molecule has 1 N–H and O–H groups in total. The summed E-state index contributed by atoms with van der Waals surface area (Å²) in [4.78, 5) is 11.6. The van der Waals surface area contributed by atoms with Crippen LogP contribution in [-0.4, -0.2) is 5.91 Å². The van der Waals surface area contributed by atoms with Crippen molar-refractivity contribution in [3.63, 3.8) is 0 Å². The fourth-order valence-corrected chi connectivity index (χ4v) is 1.72. The second-order valence-corrected chi connectivity index (χ2v) is 4.54. The Bertz CT molecular complexity index is 352. The first-order valence-electron chi connectivity index (χ1n) is 5.58. The summed E-state index contributed by atoms with van der Waals surface area (Å²) in [6, 6.07) is 8.21. The van der Waals surface area contributed by atoms with Gasteiger partial charge in [0.1, 0.15) is 0 Å². The number of alkyl halides is 1. The zero-order valence-corrected chi connectivity index (χ0v) is 11.4. The molecule has 0 aliphatic heterocycles. The number of carbonyl (C=O) groups excluding carboxylic acids is 1. The van der Waals surface area contributed by atoms with E-state index in [1.54, 1.807) is 0 Å². The highest BCUT2D eigenvalue weighted by Gasteiger charge is 2.09. The van der Waals surface area contributed by atoms with Gasteiger partial charge in [0, 0.05) is 17.8 Å². The van der Waals surface area contributed by atoms with E-state index in [0.29, 0.717) is 6.54 Å². The van der Waals surface area contributed by atoms with E-state index in [1.165, 1.54) is 5.56 Å². The second-order valence-electron chi connectivity index (χ2n) is 3.98. The van der Waals surface area contributed by atoms with Gasteiger partial charge in [-0.25, -0.2) is 0 Å². The summed E-state index contributed by atoms with van der Waals surface area (Å²) in [5, 5.41) is 3.79. The molecule has 0 saturated carbocycles. The van der Waals surface area contributed by atoms with Gasteiger partial charge < -0.3 is 5.32 Å². The van der Waals surface area contributed by atoms with Crippen molar-refractivity contribution in [2.45, 2.75) is 32.1 Å². The normalized spacial score (nSPS) is 12.2. The summed E-state index contributed by atoms with van der Waals surface area (Å²) in [6.45, 7) is 4.59. The van der Waals surface area contributed by atoms with Crippen molar-refractivity contribution < 1.29 is 4.79 Å². The molecule has 1 aromatic rings. The number of nitrogens with one attached hydrogen (secondary N) is 1. The Morgan fingerprint density at radius 2 is 2.12 bits per heavy atom. The van der Waals surface area contributed by atoms with E-state index in [-0.39, 0.29) is 11.8 Å². The van der Waals surface area contributed by atoms with E-state index in [0.717, 1.165) is 17.3 Å². The number of amides is 1. The van der Waals surface area contributed by atoms with E-state index in [2.05, 4.69) is 33.4 Å². The molecular weight excluding hydrogens is 266 g/mol. The molecule has 1 amide bonds. The highest BCUT2D eigenvalue weighted by Crippen LogP contribution is 2.09. The molecule has 0 radical (unpaired) electrons. The van der Waals surface area contributed by atoms with Crippen LogP contribution < -0.4 is 5.32 Å². The molecule has 0 aliphatic rings. The summed E-state index contributed by atoms with van der Waals surface area (Å²) in [6.07, 6.45) is 0.882. The van der Waals surface area contributed by atoms with Gasteiger partial charge in [-0.2, -0.15) is 0 Å². The lowest BCUT2D eigenvalue weighted by atomic mass is 10.1. The molecule has 0 saturated heterocycles. The molecule has 1 unspecified atom stereocenters. The van der Waals surface area contributed by atoms with Gasteiger partial charge in [-0.05, 0) is 17.5 Å². The monoisotopic (exact) mass is 283 g/mol. The molecule has 1 aromatic carbocycles. The quantitative estimate of drug-likeness (QED) is 0.826. The maximum Gasteiger partial charge on any atom is 0.223 e. The predicted octanol–water partition coefficient (Wildman–Crippen LogP) is 3.24. The molecule has 0 aliphatic carbocycles. The molecule has 1 rings (SSSR count). The third kappa shape index (κ3) is 3.97. The number of hydrogen-bond donors (Lipinski definition) is 1. The molecule has 0 heterocycles. The van der Waals surface area contributed by atoms with Crippen molar-refractivity contribution in [3.05, 3.63) is 35.4 Å². The van der Waals surface area contributed by atoms with Crippen molar-refractivity contribution in [2.24, 2.45) is 5.92 Å². The molecule has 88 valence electrons. The van der Waals surface area contributed by atoms with Crippen molar-refractivity contribution in [2.75, 3.05) is 0 Å². The lowest BCUT2D eigenvalue weighted by Crippen LogP contribution is -2.28. The van der Waals surface area contributed by atoms with Gasteiger partial charge in [-0.3, -0.25) is 4.79 Å². The fourth-order valence-electron chi connectivity index (χ4n) is 1.37. The van der Waals surface area contributed by atoms with Crippen LogP contribution in [0.3, 0.4) is 0 Å². The van der Waals surface area contributed by atoms with Crippen LogP contribution in [0.15, 0.2) is 24.3 Å². The Labute approximate surface area is 106 Å². The Kier molecular flexibility index (Phi) is 5.53. The third-order valence-electron chi connectivity index (χ3n) is 2.67. The van der Waals surface area contributed by atoms with E-state index >= 15 is 0 Å². The van der Waals surface area contributed by atoms with Crippen molar-refractivity contribution >= 4 is 21.8 Å². The van der Waals surface area contributed by atoms with Gasteiger partial charge in [0.05, 0.1) is 0 Å². The Morgan fingerprint density at radius 1 is 1.44 bits per heavy atom. The van der Waals surface area contributed by atoms with E-state index < -0.39 is 0 Å². The smallest absolute Gasteiger partial charge is 0.223 e. The second kappa shape index (κ2) is 6.69. The molecule has 0 bridgehead atoms. The topological polar surface area (TPSA) is 29.1 Å². The highest BCUT2D eigenvalue weighted by atomic mass is 79.9. The van der Waals surface area contributed by atoms with Crippen LogP contribution >= 0.6 is 15.9 Å². The van der Waals surface area contributed by atoms with Crippen LogP contribution in [0.2, 0.25) is 0 Å². The van der Waals surface area contributed by atoms with Gasteiger partial charge in [-0.1, -0.05) is 54.0 Å². The van der Waals surface area contributed by atoms with E-state index in [4.69, 9.17) is 0 Å². The Hall–Kier alpha value is -0.830. The van der Waals surface area contributed by atoms with E-state index in [9.17, 15) is 4.79 Å². The maximum atomic E-state index is 11.6. The van der Waals surface area contributed by atoms with Gasteiger partial charge in [0.2, 0.25) is 5.91 Å². The maximum absolute atomic E-state index is 11.6. The van der Waals surface area contributed by atoms with Crippen molar-refractivity contribution in [1.82, 2.24) is 5.32 Å². The number of benzene rings is 1. The SMILES string of the molecule is CCC(C)C(=O)NCc1cccc(CBr)c1. The Balaban J connectivity index is 2.51. The van der Waals surface area contributed by atoms with Crippen LogP contribution in [0.5, 0.6) is 0 Å². The molecule has 3 heteroatoms. The zero-order valence-electron chi connectivity index (χ0n) is 9.79. The van der Waals surface area contributed by atoms with Gasteiger partial charge in [0.25, 0.3) is 0 Å². The van der Waals surface area contributed by atoms with Crippen LogP contribution in [-0.2, 0) is 16.7 Å². The summed E-state index contributed by atoms with van der Waals surface area (Å²) in [7, 11) is 0. The molecule has 0 spiro atoms. The average Bonchev–Trinajstić information content (AvgIpc) is 2.35. The molecule has 0 fully saturated rings. The zero-order chi connectivity index (χ0) is 12.0. The predicted molar refractivity (Wildman–Crippen MR) is 70.4 cm³/mol. The van der Waals surface area contributed by atoms with Crippen LogP contribution in [0.25, 0.3) is 0 Å². The third-order valence-corrected chi connectivity index (χ3v) is 3.32. The molecular formula is C13H18BrNO. The lowest BCUT2D eigenvalue weighted by Gasteiger charge is -2.10. The highest BCUT2D eigenvalue weighted by molar-refractivity contribution is 9.08. The van der Waals surface area contributed by atoms with Gasteiger partial charge in [-0.15, -0.1) is 0 Å². The minimum Gasteiger partial charge on any atom is -0.352 e. The summed E-state index contributed by atoms with van der Waals surface area (Å²) in [5.74, 6) is 0.228. The first-order chi connectivity index (χ1) is 7.67. The van der Waals surface area contributed by atoms with Crippen molar-refractivity contribution in [3.8, 4) is 0 Å². The minimum absolute atomic E-state index is 0.0966. The number of hydrogen-bond acceptors (Lipinski definition) is 1. The summed E-state index contributed by atoms with van der Waals surface area (Å²) < 4.78 is 0. The lowest BCUT2D eigenvalue weighted by molar-refractivity contribution is -0.124. The molecule has 0 aromatic heterocycles. The Morgan fingerprint density at radius 3 is 2.75 bits per heavy atom. The molecule has 1 atom stereocenters. The molecule has 16 heavy (non-hydrogen) atoms. The van der Waals surface area contributed by atoms with Crippen LogP contribution in [0.1, 0.15) is 31.4 Å². The largest absolute Gasteiger partial charge is 0.352 e. The van der Waals surface area contributed by atoms with Crippen molar-refractivity contribution in [1.29, 1.82) is 0 Å². The molecule has 2 nitrogen and oxygen atoms in total. The standard InChI is InChI=1S/C13H18BrNO/c1-3-10(2)13(16)15-9-12-6-4-5-11(7-12)8-14/h4-7,10H,3,8-9H2,1-2H3,(H,15,16). The van der Waals surface area contributed by atoms with E-state index in [1.807, 2.05) is 26.0 Å². The van der Waals surface area contributed by atoms with Crippen LogP contribution in [0, 0.1) is 5.92 Å². The van der Waals surface area contributed by atoms with Crippen LogP contribution in [0.4, 0.5) is 0 Å². The fraction of sp³-hybridized carbons (Fsp3) is 0.462. The first-order valence-corrected chi connectivity index (χ1v) is 6.71. The van der Waals surface area contributed by atoms with Gasteiger partial charge >= 0.3 is 0 Å². The number of halogens is 1. The average molecular weight is 284 g/mol. The van der Waals surface area contributed by atoms with Gasteiger partial charge in [0.15, 0.2) is 0 Å². The number of carbonyl (C=O) groups is 1. The summed E-state index contributed by atoms with van der Waals surface area (Å²) >= 11 is 3.42.